The largest absolute Gasteiger partial charge is 0.334 e. The Labute approximate surface area is 87.3 Å². The van der Waals surface area contributed by atoms with Crippen molar-refractivity contribution in [2.45, 2.75) is 6.42 Å². The zero-order valence-corrected chi connectivity index (χ0v) is 8.47. The Morgan fingerprint density at radius 2 is 2.40 bits per heavy atom. The summed E-state index contributed by atoms with van der Waals surface area (Å²) in [7, 11) is 1.96. The van der Waals surface area contributed by atoms with Crippen LogP contribution >= 0.6 is 0 Å². The number of aromatic nitrogens is 2. The summed E-state index contributed by atoms with van der Waals surface area (Å²) >= 11 is 0. The van der Waals surface area contributed by atoms with Crippen LogP contribution in [0.4, 0.5) is 0 Å². The molecule has 15 heavy (non-hydrogen) atoms. The molecule has 0 radical (unpaired) electrons. The first-order chi connectivity index (χ1) is 7.31. The molecule has 0 aliphatic carbocycles. The number of rotatable bonds is 3. The molecule has 0 N–H and O–H groups in total. The van der Waals surface area contributed by atoms with Gasteiger partial charge in [0.15, 0.2) is 0 Å². The van der Waals surface area contributed by atoms with E-state index < -0.39 is 0 Å². The van der Waals surface area contributed by atoms with Crippen molar-refractivity contribution in [3.05, 3.63) is 30.1 Å². The molecule has 2 rings (SSSR count). The van der Waals surface area contributed by atoms with E-state index in [0.717, 1.165) is 23.0 Å². The predicted octanol–water partition coefficient (Wildman–Crippen LogP) is 1.45. The number of aryl methyl sites for hydroxylation is 1. The second kappa shape index (κ2) is 4.07. The number of benzene rings is 1. The smallest absolute Gasteiger partial charge is 0.234 e. The number of imidazole rings is 1. The number of aliphatic imine (C=N–C) groups is 1. The van der Waals surface area contributed by atoms with Gasteiger partial charge in [0.2, 0.25) is 6.08 Å². The highest BCUT2D eigenvalue weighted by atomic mass is 16.1. The lowest BCUT2D eigenvalue weighted by Gasteiger charge is -1.98. The van der Waals surface area contributed by atoms with Gasteiger partial charge in [-0.3, -0.25) is 0 Å². The van der Waals surface area contributed by atoms with Crippen molar-refractivity contribution >= 4 is 17.1 Å². The van der Waals surface area contributed by atoms with Gasteiger partial charge in [-0.1, -0.05) is 6.07 Å². The molecule has 0 unspecified atom stereocenters. The topological polar surface area (TPSA) is 47.2 Å². The molecule has 0 aliphatic heterocycles. The van der Waals surface area contributed by atoms with E-state index in [9.17, 15) is 4.79 Å². The van der Waals surface area contributed by atoms with Gasteiger partial charge < -0.3 is 4.57 Å². The van der Waals surface area contributed by atoms with E-state index in [1.54, 1.807) is 6.33 Å². The second-order valence-electron chi connectivity index (χ2n) is 3.40. The zero-order chi connectivity index (χ0) is 10.7. The van der Waals surface area contributed by atoms with Crippen LogP contribution in [-0.2, 0) is 18.3 Å². The van der Waals surface area contributed by atoms with Gasteiger partial charge in [-0.25, -0.2) is 14.8 Å². The van der Waals surface area contributed by atoms with Crippen LogP contribution in [0.5, 0.6) is 0 Å². The fourth-order valence-corrected chi connectivity index (χ4v) is 1.57. The number of nitrogens with zero attached hydrogens (tertiary/aromatic N) is 3. The predicted molar refractivity (Wildman–Crippen MR) is 57.4 cm³/mol. The summed E-state index contributed by atoms with van der Waals surface area (Å²) in [6, 6.07) is 6.09. The zero-order valence-electron chi connectivity index (χ0n) is 8.47. The number of isocyanates is 1. The van der Waals surface area contributed by atoms with E-state index in [1.165, 1.54) is 6.08 Å². The van der Waals surface area contributed by atoms with Gasteiger partial charge in [-0.2, -0.15) is 0 Å². The van der Waals surface area contributed by atoms with Gasteiger partial charge in [-0.05, 0) is 24.1 Å². The van der Waals surface area contributed by atoms with E-state index in [2.05, 4.69) is 9.98 Å². The molecule has 0 aliphatic rings. The third-order valence-corrected chi connectivity index (χ3v) is 2.37. The van der Waals surface area contributed by atoms with E-state index in [1.807, 2.05) is 29.8 Å². The quantitative estimate of drug-likeness (QED) is 0.557. The minimum Gasteiger partial charge on any atom is -0.334 e. The third kappa shape index (κ3) is 1.95. The first kappa shape index (κ1) is 9.62. The average Bonchev–Trinajstić information content (AvgIpc) is 2.61. The van der Waals surface area contributed by atoms with Crippen molar-refractivity contribution in [1.82, 2.24) is 9.55 Å². The fraction of sp³-hybridized carbons (Fsp3) is 0.273. The van der Waals surface area contributed by atoms with Crippen molar-refractivity contribution in [2.24, 2.45) is 12.0 Å². The Bertz CT molecular complexity index is 524. The first-order valence-corrected chi connectivity index (χ1v) is 4.75. The van der Waals surface area contributed by atoms with E-state index in [0.29, 0.717) is 6.54 Å². The molecule has 1 heterocycles. The lowest BCUT2D eigenvalue weighted by Crippen LogP contribution is -1.90. The van der Waals surface area contributed by atoms with Crippen molar-refractivity contribution in [2.75, 3.05) is 6.54 Å². The first-order valence-electron chi connectivity index (χ1n) is 4.75. The highest BCUT2D eigenvalue weighted by Crippen LogP contribution is 2.14. The van der Waals surface area contributed by atoms with Crippen LogP contribution in [0.2, 0.25) is 0 Å². The minimum absolute atomic E-state index is 0.488. The SMILES string of the molecule is Cn1cnc2cc(CCN=C=O)ccc21. The van der Waals surface area contributed by atoms with Gasteiger partial charge >= 0.3 is 0 Å². The van der Waals surface area contributed by atoms with Gasteiger partial charge in [0, 0.05) is 7.05 Å². The lowest BCUT2D eigenvalue weighted by atomic mass is 10.1. The molecule has 0 amide bonds. The Morgan fingerprint density at radius 1 is 1.53 bits per heavy atom. The number of carbonyl (C=O) groups excluding carboxylic acids is 1. The summed E-state index contributed by atoms with van der Waals surface area (Å²) in [6.45, 7) is 0.488. The molecule has 4 nitrogen and oxygen atoms in total. The molecule has 0 saturated carbocycles. The summed E-state index contributed by atoms with van der Waals surface area (Å²) in [4.78, 5) is 17.7. The second-order valence-corrected chi connectivity index (χ2v) is 3.40. The van der Waals surface area contributed by atoms with E-state index in [4.69, 9.17) is 0 Å². The van der Waals surface area contributed by atoms with E-state index in [-0.39, 0.29) is 0 Å². The molecule has 0 bridgehead atoms. The van der Waals surface area contributed by atoms with Crippen LogP contribution in [0, 0.1) is 0 Å². The highest BCUT2D eigenvalue weighted by molar-refractivity contribution is 5.75. The van der Waals surface area contributed by atoms with Gasteiger partial charge in [0.05, 0.1) is 23.9 Å². The Kier molecular flexibility index (Phi) is 2.61. The molecular weight excluding hydrogens is 190 g/mol. The van der Waals surface area contributed by atoms with Crippen LogP contribution in [0.15, 0.2) is 29.5 Å². The molecule has 76 valence electrons. The van der Waals surface area contributed by atoms with E-state index >= 15 is 0 Å². The molecule has 0 atom stereocenters. The van der Waals surface area contributed by atoms with Crippen LogP contribution in [-0.4, -0.2) is 22.2 Å². The maximum Gasteiger partial charge on any atom is 0.234 e. The maximum absolute atomic E-state index is 9.90. The number of fused-ring (bicyclic) bond motifs is 1. The molecule has 2 aromatic rings. The highest BCUT2D eigenvalue weighted by Gasteiger charge is 2.00. The van der Waals surface area contributed by atoms with Gasteiger partial charge in [0.1, 0.15) is 0 Å². The molecule has 0 fully saturated rings. The fourth-order valence-electron chi connectivity index (χ4n) is 1.57. The molecule has 1 aromatic heterocycles. The summed E-state index contributed by atoms with van der Waals surface area (Å²) in [5.74, 6) is 0. The van der Waals surface area contributed by atoms with Crippen LogP contribution in [0.25, 0.3) is 11.0 Å². The van der Waals surface area contributed by atoms with Crippen LogP contribution in [0.1, 0.15) is 5.56 Å². The normalized spacial score (nSPS) is 10.2. The Morgan fingerprint density at radius 3 is 3.20 bits per heavy atom. The monoisotopic (exact) mass is 201 g/mol. The van der Waals surface area contributed by atoms with Crippen molar-refractivity contribution in [3.63, 3.8) is 0 Å². The summed E-state index contributed by atoms with van der Waals surface area (Å²) in [6.07, 6.45) is 4.08. The minimum atomic E-state index is 0.488. The molecule has 4 heteroatoms. The molecule has 0 spiro atoms. The third-order valence-electron chi connectivity index (χ3n) is 2.37. The van der Waals surface area contributed by atoms with Crippen molar-refractivity contribution in [3.8, 4) is 0 Å². The van der Waals surface area contributed by atoms with Crippen LogP contribution in [0.3, 0.4) is 0 Å². The van der Waals surface area contributed by atoms with Gasteiger partial charge in [0.25, 0.3) is 0 Å². The number of hydrogen-bond acceptors (Lipinski definition) is 3. The summed E-state index contributed by atoms with van der Waals surface area (Å²) < 4.78 is 1.97. The molecule has 0 saturated heterocycles. The summed E-state index contributed by atoms with van der Waals surface area (Å²) in [5.41, 5.74) is 3.22. The maximum atomic E-state index is 9.90. The van der Waals surface area contributed by atoms with Crippen LogP contribution < -0.4 is 0 Å². The molecular formula is C11H11N3O. The van der Waals surface area contributed by atoms with Crippen molar-refractivity contribution < 1.29 is 4.79 Å². The lowest BCUT2D eigenvalue weighted by molar-refractivity contribution is 0.563. The average molecular weight is 201 g/mol. The number of hydrogen-bond donors (Lipinski definition) is 0. The Balaban J connectivity index is 2.27. The standard InChI is InChI=1S/C11H11N3O/c1-14-7-13-10-6-9(2-3-11(10)14)4-5-12-8-15/h2-3,6-7H,4-5H2,1H3. The van der Waals surface area contributed by atoms with Crippen molar-refractivity contribution in [1.29, 1.82) is 0 Å². The molecule has 1 aromatic carbocycles. The summed E-state index contributed by atoms with van der Waals surface area (Å²) in [5, 5.41) is 0. The van der Waals surface area contributed by atoms with Gasteiger partial charge in [-0.15, -0.1) is 0 Å². The Hall–Kier alpha value is -1.93.